The summed E-state index contributed by atoms with van der Waals surface area (Å²) in [5, 5.41) is 18.2. The highest BCUT2D eigenvalue weighted by Crippen LogP contribution is 2.34. The summed E-state index contributed by atoms with van der Waals surface area (Å²) in [6.07, 6.45) is 0. The lowest BCUT2D eigenvalue weighted by Gasteiger charge is -2.12. The van der Waals surface area contributed by atoms with Gasteiger partial charge in [-0.2, -0.15) is 0 Å². The average Bonchev–Trinajstić information content (AvgIpc) is 2.38. The van der Waals surface area contributed by atoms with Gasteiger partial charge in [0, 0.05) is 16.8 Å². The van der Waals surface area contributed by atoms with E-state index in [0.29, 0.717) is 16.8 Å². The van der Waals surface area contributed by atoms with Gasteiger partial charge in [-0.05, 0) is 12.1 Å². The minimum absolute atomic E-state index is 0.115. The van der Waals surface area contributed by atoms with Gasteiger partial charge in [-0.25, -0.2) is 9.59 Å². The van der Waals surface area contributed by atoms with Crippen LogP contribution in [0.15, 0.2) is 36.4 Å². The van der Waals surface area contributed by atoms with E-state index in [2.05, 4.69) is 0 Å². The molecule has 0 unspecified atom stereocenters. The molecule has 0 saturated heterocycles. The van der Waals surface area contributed by atoms with Gasteiger partial charge in [0.2, 0.25) is 0 Å². The van der Waals surface area contributed by atoms with E-state index < -0.39 is 17.5 Å². The maximum Gasteiger partial charge on any atom is 0.338 e. The molecule has 6 nitrogen and oxygen atoms in total. The Hall–Kier alpha value is -3.02. The Bertz CT molecular complexity index is 710. The van der Waals surface area contributed by atoms with E-state index in [-0.39, 0.29) is 11.3 Å². The Morgan fingerprint density at radius 3 is 2.05 bits per heavy atom. The highest BCUT2D eigenvalue weighted by Gasteiger charge is 2.22. The Balaban J connectivity index is 2.76. The molecule has 0 aliphatic heterocycles. The number of aromatic carboxylic acids is 2. The summed E-state index contributed by atoms with van der Waals surface area (Å²) in [7, 11) is 0. The van der Waals surface area contributed by atoms with Crippen LogP contribution >= 0.6 is 0 Å². The van der Waals surface area contributed by atoms with E-state index in [1.54, 1.807) is 24.3 Å². The van der Waals surface area contributed by atoms with Crippen LogP contribution in [0, 0.1) is 0 Å². The zero-order chi connectivity index (χ0) is 14.9. The molecule has 0 saturated carbocycles. The predicted octanol–water partition coefficient (Wildman–Crippen LogP) is 1.91. The maximum absolute atomic E-state index is 11.2. The lowest BCUT2D eigenvalue weighted by atomic mass is 9.95. The lowest BCUT2D eigenvalue weighted by Crippen LogP contribution is -2.12. The second-order valence-electron chi connectivity index (χ2n) is 4.15. The highest BCUT2D eigenvalue weighted by molar-refractivity contribution is 6.08. The van der Waals surface area contributed by atoms with Gasteiger partial charge < -0.3 is 21.7 Å². The van der Waals surface area contributed by atoms with Crippen molar-refractivity contribution < 1.29 is 19.8 Å². The van der Waals surface area contributed by atoms with Gasteiger partial charge in [-0.15, -0.1) is 0 Å². The number of rotatable bonds is 3. The molecule has 0 amide bonds. The summed E-state index contributed by atoms with van der Waals surface area (Å²) < 4.78 is 0. The van der Waals surface area contributed by atoms with Crippen molar-refractivity contribution >= 4 is 23.3 Å². The number of carbonyl (C=O) groups is 2. The van der Waals surface area contributed by atoms with Crippen molar-refractivity contribution in [2.45, 2.75) is 0 Å². The van der Waals surface area contributed by atoms with Crippen LogP contribution < -0.4 is 11.5 Å². The minimum atomic E-state index is -1.39. The number of nitrogen functional groups attached to an aromatic ring is 2. The highest BCUT2D eigenvalue weighted by atomic mass is 16.4. The topological polar surface area (TPSA) is 127 Å². The molecule has 2 aromatic rings. The number of nitrogens with two attached hydrogens (primary N) is 2. The largest absolute Gasteiger partial charge is 0.478 e. The second kappa shape index (κ2) is 4.93. The first-order valence-electron chi connectivity index (χ1n) is 5.67. The number of hydrogen-bond donors (Lipinski definition) is 4. The minimum Gasteiger partial charge on any atom is -0.478 e. The van der Waals surface area contributed by atoms with E-state index in [1.165, 1.54) is 12.1 Å². The Labute approximate surface area is 114 Å². The van der Waals surface area contributed by atoms with Crippen molar-refractivity contribution in [2.24, 2.45) is 0 Å². The molecular weight excluding hydrogens is 260 g/mol. The third-order valence-electron chi connectivity index (χ3n) is 2.94. The lowest BCUT2D eigenvalue weighted by molar-refractivity contribution is 0.0652. The first kappa shape index (κ1) is 13.4. The van der Waals surface area contributed by atoms with Gasteiger partial charge in [0.25, 0.3) is 0 Å². The molecule has 2 aromatic carbocycles. The summed E-state index contributed by atoms with van der Waals surface area (Å²) in [5.74, 6) is -2.74. The third-order valence-corrected chi connectivity index (χ3v) is 2.94. The van der Waals surface area contributed by atoms with E-state index in [4.69, 9.17) is 21.7 Å². The van der Waals surface area contributed by atoms with Crippen molar-refractivity contribution in [3.63, 3.8) is 0 Å². The Morgan fingerprint density at radius 1 is 0.850 bits per heavy atom. The fraction of sp³-hybridized carbons (Fsp3) is 0. The van der Waals surface area contributed by atoms with Crippen LogP contribution in [0.4, 0.5) is 11.4 Å². The molecule has 0 fully saturated rings. The third kappa shape index (κ3) is 2.14. The molecule has 0 bridgehead atoms. The first-order chi connectivity index (χ1) is 9.43. The van der Waals surface area contributed by atoms with Crippen molar-refractivity contribution in [2.75, 3.05) is 11.5 Å². The molecule has 0 aliphatic carbocycles. The van der Waals surface area contributed by atoms with Crippen LogP contribution in [0.3, 0.4) is 0 Å². The summed E-state index contributed by atoms with van der Waals surface area (Å²) in [4.78, 5) is 22.3. The molecule has 0 aliphatic rings. The standard InChI is InChI=1S/C14H12N2O4/c15-10-4-2-1-3-7(10)8-5-6-9(13(17)18)11(12(8)16)14(19)20/h1-6H,15-16H2,(H,17,18)(H,19,20). The van der Waals surface area contributed by atoms with Crippen LogP contribution in [0.2, 0.25) is 0 Å². The molecule has 6 N–H and O–H groups in total. The van der Waals surface area contributed by atoms with Gasteiger partial charge >= 0.3 is 11.9 Å². The van der Waals surface area contributed by atoms with Gasteiger partial charge in [-0.3, -0.25) is 0 Å². The average molecular weight is 272 g/mol. The Morgan fingerprint density at radius 2 is 1.50 bits per heavy atom. The molecule has 0 aromatic heterocycles. The van der Waals surface area contributed by atoms with Crippen molar-refractivity contribution in [1.29, 1.82) is 0 Å². The van der Waals surface area contributed by atoms with E-state index in [1.807, 2.05) is 0 Å². The number of carboxylic acids is 2. The quantitative estimate of drug-likeness (QED) is 0.632. The van der Waals surface area contributed by atoms with Gasteiger partial charge in [0.1, 0.15) is 0 Å². The molecule has 6 heteroatoms. The summed E-state index contributed by atoms with van der Waals surface area (Å²) in [6.45, 7) is 0. The molecular formula is C14H12N2O4. The number of benzene rings is 2. The fourth-order valence-electron chi connectivity index (χ4n) is 2.01. The zero-order valence-electron chi connectivity index (χ0n) is 10.3. The van der Waals surface area contributed by atoms with Crippen molar-refractivity contribution in [3.05, 3.63) is 47.5 Å². The van der Waals surface area contributed by atoms with Gasteiger partial charge in [0.15, 0.2) is 0 Å². The van der Waals surface area contributed by atoms with E-state index >= 15 is 0 Å². The SMILES string of the molecule is Nc1ccccc1-c1ccc(C(=O)O)c(C(=O)O)c1N. The van der Waals surface area contributed by atoms with Gasteiger partial charge in [-0.1, -0.05) is 24.3 Å². The predicted molar refractivity (Wildman–Crippen MR) is 74.6 cm³/mol. The second-order valence-corrected chi connectivity index (χ2v) is 4.15. The maximum atomic E-state index is 11.2. The van der Waals surface area contributed by atoms with Crippen LogP contribution in [0.5, 0.6) is 0 Å². The number of para-hydroxylation sites is 1. The summed E-state index contributed by atoms with van der Waals surface area (Å²) in [6, 6.07) is 9.48. The molecule has 102 valence electrons. The smallest absolute Gasteiger partial charge is 0.338 e. The van der Waals surface area contributed by atoms with Crippen molar-refractivity contribution in [1.82, 2.24) is 0 Å². The molecule has 0 radical (unpaired) electrons. The normalized spacial score (nSPS) is 10.2. The zero-order valence-corrected chi connectivity index (χ0v) is 10.3. The van der Waals surface area contributed by atoms with Crippen LogP contribution in [-0.4, -0.2) is 22.2 Å². The first-order valence-corrected chi connectivity index (χ1v) is 5.67. The Kier molecular flexibility index (Phi) is 3.30. The molecule has 0 spiro atoms. The number of hydrogen-bond acceptors (Lipinski definition) is 4. The van der Waals surface area contributed by atoms with Crippen LogP contribution in [0.1, 0.15) is 20.7 Å². The molecule has 0 heterocycles. The van der Waals surface area contributed by atoms with Crippen LogP contribution in [-0.2, 0) is 0 Å². The fourth-order valence-corrected chi connectivity index (χ4v) is 2.01. The number of anilines is 2. The number of carboxylic acid groups (broad SMARTS) is 2. The van der Waals surface area contributed by atoms with Gasteiger partial charge in [0.05, 0.1) is 16.8 Å². The van der Waals surface area contributed by atoms with Crippen molar-refractivity contribution in [3.8, 4) is 11.1 Å². The van der Waals surface area contributed by atoms with E-state index in [0.717, 1.165) is 0 Å². The monoisotopic (exact) mass is 272 g/mol. The van der Waals surface area contributed by atoms with E-state index in [9.17, 15) is 9.59 Å². The summed E-state index contributed by atoms with van der Waals surface area (Å²) >= 11 is 0. The molecule has 2 rings (SSSR count). The molecule has 0 atom stereocenters. The summed E-state index contributed by atoms with van der Waals surface area (Å²) in [5.41, 5.74) is 12.1. The molecule has 20 heavy (non-hydrogen) atoms. The van der Waals surface area contributed by atoms with Crippen LogP contribution in [0.25, 0.3) is 11.1 Å².